The van der Waals surface area contributed by atoms with Crippen molar-refractivity contribution in [2.24, 2.45) is 0 Å². The van der Waals surface area contributed by atoms with E-state index in [-0.39, 0.29) is 22.9 Å². The van der Waals surface area contributed by atoms with E-state index in [4.69, 9.17) is 4.98 Å². The molecule has 1 aromatic heterocycles. The van der Waals surface area contributed by atoms with Gasteiger partial charge in [0.25, 0.3) is 5.91 Å². The lowest BCUT2D eigenvalue weighted by atomic mass is 9.94. The van der Waals surface area contributed by atoms with Gasteiger partial charge >= 0.3 is 0 Å². The number of alkyl halides is 1. The van der Waals surface area contributed by atoms with Crippen LogP contribution in [0, 0.1) is 0 Å². The van der Waals surface area contributed by atoms with E-state index in [0.717, 1.165) is 53.3 Å². The van der Waals surface area contributed by atoms with Crippen molar-refractivity contribution in [3.05, 3.63) is 47.2 Å². The van der Waals surface area contributed by atoms with E-state index in [1.54, 1.807) is 29.8 Å². The van der Waals surface area contributed by atoms with Crippen molar-refractivity contribution in [3.63, 3.8) is 0 Å². The molecular weight excluding hydrogens is 473 g/mol. The van der Waals surface area contributed by atoms with Crippen LogP contribution in [0.15, 0.2) is 35.4 Å². The minimum Gasteiger partial charge on any atom is -0.338 e. The molecule has 4 rings (SSSR count). The van der Waals surface area contributed by atoms with E-state index in [2.05, 4.69) is 38.7 Å². The summed E-state index contributed by atoms with van der Waals surface area (Å²) < 4.78 is 14.3. The van der Waals surface area contributed by atoms with Crippen molar-refractivity contribution in [3.8, 4) is 0 Å². The average molecular weight is 512 g/mol. The lowest BCUT2D eigenvalue weighted by Gasteiger charge is -2.34. The Labute approximate surface area is 218 Å². The molecule has 2 unspecified atom stereocenters. The number of benzene rings is 1. The second-order valence-corrected chi connectivity index (χ2v) is 11.6. The standard InChI is InChI=1S/C29H38FN3O2S/c1-6-13-33(21-9-10-22-25(17-21)36-24(8-3)26(22)34)27-23(19(4)7-2)16-20(18-31-27)28(35)32-14-11-29(5,30)12-15-32/h9-10,16-19,24H,6-8,11-15H2,1-5H3. The number of amides is 1. The van der Waals surface area contributed by atoms with E-state index in [9.17, 15) is 14.0 Å². The van der Waals surface area contributed by atoms with Crippen molar-refractivity contribution in [2.75, 3.05) is 24.5 Å². The highest BCUT2D eigenvalue weighted by Gasteiger charge is 2.33. The van der Waals surface area contributed by atoms with Crippen LogP contribution in [0.4, 0.5) is 15.9 Å². The summed E-state index contributed by atoms with van der Waals surface area (Å²) in [5.74, 6) is 1.22. The molecule has 2 aromatic rings. The molecule has 2 aliphatic rings. The van der Waals surface area contributed by atoms with Crippen molar-refractivity contribution in [2.45, 2.75) is 88.5 Å². The van der Waals surface area contributed by atoms with Gasteiger partial charge in [-0.15, -0.1) is 11.8 Å². The van der Waals surface area contributed by atoms with Gasteiger partial charge in [0.15, 0.2) is 5.78 Å². The van der Waals surface area contributed by atoms with Crippen molar-refractivity contribution in [1.29, 1.82) is 0 Å². The second kappa shape index (κ2) is 10.9. The molecule has 2 aliphatic heterocycles. The lowest BCUT2D eigenvalue weighted by molar-refractivity contribution is 0.0503. The number of carbonyl (C=O) groups is 2. The molecule has 0 radical (unpaired) electrons. The van der Waals surface area contributed by atoms with Gasteiger partial charge in [0.2, 0.25) is 0 Å². The first kappa shape index (κ1) is 26.6. The fourth-order valence-electron chi connectivity index (χ4n) is 4.97. The molecule has 0 bridgehead atoms. The van der Waals surface area contributed by atoms with E-state index in [1.165, 1.54) is 0 Å². The van der Waals surface area contributed by atoms with Crippen LogP contribution >= 0.6 is 11.8 Å². The van der Waals surface area contributed by atoms with Crippen molar-refractivity contribution < 1.29 is 14.0 Å². The first-order valence-corrected chi connectivity index (χ1v) is 14.2. The molecule has 1 fully saturated rings. The number of carbonyl (C=O) groups excluding carboxylic acids is 2. The molecular formula is C29H38FN3O2S. The number of Topliss-reactive ketones (excluding diaryl/α,β-unsaturated/α-hetero) is 1. The first-order valence-electron chi connectivity index (χ1n) is 13.3. The number of nitrogens with zero attached hydrogens (tertiary/aromatic N) is 3. The van der Waals surface area contributed by atoms with E-state index >= 15 is 0 Å². The van der Waals surface area contributed by atoms with Gasteiger partial charge in [-0.1, -0.05) is 27.7 Å². The third-order valence-electron chi connectivity index (χ3n) is 7.56. The van der Waals surface area contributed by atoms with Crippen LogP contribution in [0.1, 0.15) is 98.9 Å². The van der Waals surface area contributed by atoms with Crippen LogP contribution in [-0.2, 0) is 0 Å². The maximum atomic E-state index is 14.3. The lowest BCUT2D eigenvalue weighted by Crippen LogP contribution is -2.43. The third-order valence-corrected chi connectivity index (χ3v) is 8.98. The summed E-state index contributed by atoms with van der Waals surface area (Å²) in [6.45, 7) is 11.7. The predicted molar refractivity (Wildman–Crippen MR) is 146 cm³/mol. The number of anilines is 2. The predicted octanol–water partition coefficient (Wildman–Crippen LogP) is 7.17. The maximum Gasteiger partial charge on any atom is 0.255 e. The Kier molecular flexibility index (Phi) is 8.08. The smallest absolute Gasteiger partial charge is 0.255 e. The van der Waals surface area contributed by atoms with Gasteiger partial charge < -0.3 is 9.80 Å². The molecule has 36 heavy (non-hydrogen) atoms. The SMILES string of the molecule is CCCN(c1ccc2c(c1)SC(CC)C2=O)c1ncc(C(=O)N2CCC(C)(F)CC2)cc1C(C)CC. The van der Waals surface area contributed by atoms with Gasteiger partial charge in [0.05, 0.1) is 10.8 Å². The van der Waals surface area contributed by atoms with Crippen molar-refractivity contribution >= 4 is 35.0 Å². The molecule has 7 heteroatoms. The number of fused-ring (bicyclic) bond motifs is 1. The molecule has 0 aliphatic carbocycles. The van der Waals surface area contributed by atoms with Gasteiger partial charge in [-0.25, -0.2) is 9.37 Å². The van der Waals surface area contributed by atoms with Crippen LogP contribution in [0.2, 0.25) is 0 Å². The Bertz CT molecular complexity index is 1130. The van der Waals surface area contributed by atoms with Crippen LogP contribution in [0.3, 0.4) is 0 Å². The number of thioether (sulfide) groups is 1. The summed E-state index contributed by atoms with van der Waals surface area (Å²) in [6, 6.07) is 8.08. The Morgan fingerprint density at radius 1 is 1.25 bits per heavy atom. The number of piperidine rings is 1. The summed E-state index contributed by atoms with van der Waals surface area (Å²) in [6.07, 6.45) is 5.08. The number of rotatable bonds is 8. The topological polar surface area (TPSA) is 53.5 Å². The van der Waals surface area contributed by atoms with Crippen LogP contribution in [0.5, 0.6) is 0 Å². The Morgan fingerprint density at radius 2 is 1.97 bits per heavy atom. The van der Waals surface area contributed by atoms with Crippen LogP contribution in [-0.4, -0.2) is 52.1 Å². The largest absolute Gasteiger partial charge is 0.338 e. The second-order valence-electron chi connectivity index (χ2n) is 10.4. The quantitative estimate of drug-likeness (QED) is 0.376. The number of pyridine rings is 1. The summed E-state index contributed by atoms with van der Waals surface area (Å²) in [7, 11) is 0. The zero-order valence-corrected chi connectivity index (χ0v) is 23.0. The molecule has 3 heterocycles. The number of hydrogen-bond donors (Lipinski definition) is 0. The maximum absolute atomic E-state index is 14.3. The van der Waals surface area contributed by atoms with Crippen LogP contribution in [0.25, 0.3) is 0 Å². The summed E-state index contributed by atoms with van der Waals surface area (Å²) in [5.41, 5.74) is 2.24. The van der Waals surface area contributed by atoms with E-state index in [1.807, 2.05) is 18.2 Å². The fourth-order valence-corrected chi connectivity index (χ4v) is 6.16. The molecule has 0 N–H and O–H groups in total. The number of halogens is 1. The summed E-state index contributed by atoms with van der Waals surface area (Å²) in [4.78, 5) is 35.8. The molecule has 1 saturated heterocycles. The number of hydrogen-bond acceptors (Lipinski definition) is 5. The fraction of sp³-hybridized carbons (Fsp3) is 0.552. The zero-order valence-electron chi connectivity index (χ0n) is 22.1. The molecule has 2 atom stereocenters. The monoisotopic (exact) mass is 511 g/mol. The normalized spacial score (nSPS) is 19.8. The molecule has 1 amide bonds. The van der Waals surface area contributed by atoms with Gasteiger partial charge in [0.1, 0.15) is 11.5 Å². The van der Waals surface area contributed by atoms with E-state index in [0.29, 0.717) is 31.5 Å². The minimum absolute atomic E-state index is 0.000907. The zero-order chi connectivity index (χ0) is 26.0. The highest BCUT2D eigenvalue weighted by atomic mass is 32.2. The number of aromatic nitrogens is 1. The summed E-state index contributed by atoms with van der Waals surface area (Å²) in [5, 5.41) is -0.000907. The molecule has 1 aromatic carbocycles. The Morgan fingerprint density at radius 3 is 2.61 bits per heavy atom. The molecule has 0 saturated carbocycles. The van der Waals surface area contributed by atoms with Gasteiger partial charge in [-0.2, -0.15) is 0 Å². The van der Waals surface area contributed by atoms with Gasteiger partial charge in [-0.05, 0) is 74.8 Å². The highest BCUT2D eigenvalue weighted by Crippen LogP contribution is 2.42. The summed E-state index contributed by atoms with van der Waals surface area (Å²) >= 11 is 1.65. The Balaban J connectivity index is 1.68. The number of likely N-dealkylation sites (tertiary alicyclic amines) is 1. The van der Waals surface area contributed by atoms with Gasteiger partial charge in [0, 0.05) is 42.0 Å². The minimum atomic E-state index is -1.20. The highest BCUT2D eigenvalue weighted by molar-refractivity contribution is 8.01. The molecule has 5 nitrogen and oxygen atoms in total. The van der Waals surface area contributed by atoms with E-state index < -0.39 is 5.67 Å². The van der Waals surface area contributed by atoms with Gasteiger partial charge in [-0.3, -0.25) is 9.59 Å². The molecule has 194 valence electrons. The Hall–Kier alpha value is -2.41. The van der Waals surface area contributed by atoms with Crippen molar-refractivity contribution in [1.82, 2.24) is 9.88 Å². The average Bonchev–Trinajstić information content (AvgIpc) is 3.20. The third kappa shape index (κ3) is 5.31. The first-order chi connectivity index (χ1) is 17.2. The number of ketones is 1. The molecule has 0 spiro atoms. The van der Waals surface area contributed by atoms with Crippen LogP contribution < -0.4 is 4.90 Å².